The minimum Gasteiger partial charge on any atom is -0.490 e. The maximum absolute atomic E-state index is 12.0. The predicted molar refractivity (Wildman–Crippen MR) is 71.1 cm³/mol. The van der Waals surface area contributed by atoms with E-state index in [4.69, 9.17) is 9.84 Å². The lowest BCUT2D eigenvalue weighted by Gasteiger charge is -2.29. The van der Waals surface area contributed by atoms with E-state index in [9.17, 15) is 14.4 Å². The standard InChI is InChI=1S/C14H13NO5/c1-9(16)10-2-3-12-11(8-10)15(6-7-20-12)13(17)4-5-14(18)19/h2-5,8H,6-7H2,1H3,(H,18,19)/b5-4+. The number of ketones is 1. The van der Waals surface area contributed by atoms with Gasteiger partial charge in [-0.15, -0.1) is 0 Å². The Labute approximate surface area is 115 Å². The normalized spacial score (nSPS) is 13.8. The third kappa shape index (κ3) is 2.85. The molecule has 0 bridgehead atoms. The molecule has 0 unspecified atom stereocenters. The molecule has 1 heterocycles. The molecule has 0 spiro atoms. The lowest BCUT2D eigenvalue weighted by Crippen LogP contribution is -2.37. The van der Waals surface area contributed by atoms with Gasteiger partial charge in [0.25, 0.3) is 5.91 Å². The van der Waals surface area contributed by atoms with E-state index in [1.54, 1.807) is 18.2 Å². The maximum Gasteiger partial charge on any atom is 0.328 e. The third-order valence-corrected chi connectivity index (χ3v) is 2.86. The van der Waals surface area contributed by atoms with Gasteiger partial charge in [0.1, 0.15) is 12.4 Å². The van der Waals surface area contributed by atoms with Gasteiger partial charge in [-0.2, -0.15) is 0 Å². The molecule has 1 N–H and O–H groups in total. The maximum atomic E-state index is 12.0. The van der Waals surface area contributed by atoms with Gasteiger partial charge >= 0.3 is 5.97 Å². The number of ether oxygens (including phenoxy) is 1. The van der Waals surface area contributed by atoms with Crippen LogP contribution in [0.4, 0.5) is 5.69 Å². The second kappa shape index (κ2) is 5.56. The second-order valence-electron chi connectivity index (χ2n) is 4.25. The van der Waals surface area contributed by atoms with E-state index < -0.39 is 11.9 Å². The zero-order valence-corrected chi connectivity index (χ0v) is 10.8. The number of Topliss-reactive ketones (excluding diaryl/α,β-unsaturated/α-hetero) is 1. The van der Waals surface area contributed by atoms with Crippen molar-refractivity contribution in [2.24, 2.45) is 0 Å². The highest BCUT2D eigenvalue weighted by atomic mass is 16.5. The Bertz CT molecular complexity index is 606. The molecule has 0 fully saturated rings. The quantitative estimate of drug-likeness (QED) is 0.663. The summed E-state index contributed by atoms with van der Waals surface area (Å²) in [5.41, 5.74) is 0.943. The summed E-state index contributed by atoms with van der Waals surface area (Å²) >= 11 is 0. The van der Waals surface area contributed by atoms with Crippen molar-refractivity contribution in [3.05, 3.63) is 35.9 Å². The zero-order chi connectivity index (χ0) is 14.7. The fourth-order valence-electron chi connectivity index (χ4n) is 1.90. The summed E-state index contributed by atoms with van der Waals surface area (Å²) in [6, 6.07) is 4.83. The molecule has 1 aromatic carbocycles. The van der Waals surface area contributed by atoms with Crippen LogP contribution >= 0.6 is 0 Å². The Morgan fingerprint density at radius 1 is 1.30 bits per heavy atom. The van der Waals surface area contributed by atoms with Crippen molar-refractivity contribution < 1.29 is 24.2 Å². The Hall–Kier alpha value is -2.63. The molecular weight excluding hydrogens is 262 g/mol. The highest BCUT2D eigenvalue weighted by Crippen LogP contribution is 2.32. The van der Waals surface area contributed by atoms with Crippen molar-refractivity contribution in [1.82, 2.24) is 0 Å². The summed E-state index contributed by atoms with van der Waals surface area (Å²) in [6.45, 7) is 2.05. The molecule has 0 aromatic heterocycles. The third-order valence-electron chi connectivity index (χ3n) is 2.86. The minimum atomic E-state index is -1.19. The number of fused-ring (bicyclic) bond motifs is 1. The van der Waals surface area contributed by atoms with Crippen LogP contribution in [0.1, 0.15) is 17.3 Å². The van der Waals surface area contributed by atoms with E-state index in [0.29, 0.717) is 30.2 Å². The highest BCUT2D eigenvalue weighted by Gasteiger charge is 2.23. The van der Waals surface area contributed by atoms with Crippen LogP contribution in [-0.2, 0) is 9.59 Å². The fourth-order valence-corrected chi connectivity index (χ4v) is 1.90. The van der Waals surface area contributed by atoms with Gasteiger partial charge in [0.05, 0.1) is 12.2 Å². The van der Waals surface area contributed by atoms with Crippen molar-refractivity contribution in [2.45, 2.75) is 6.92 Å². The molecule has 20 heavy (non-hydrogen) atoms. The minimum absolute atomic E-state index is 0.119. The number of rotatable bonds is 3. The molecule has 0 aliphatic carbocycles. The van der Waals surface area contributed by atoms with Gasteiger partial charge < -0.3 is 14.7 Å². The molecule has 1 aliphatic heterocycles. The number of anilines is 1. The molecule has 0 atom stereocenters. The molecule has 6 heteroatoms. The van der Waals surface area contributed by atoms with Crippen molar-refractivity contribution >= 4 is 23.3 Å². The van der Waals surface area contributed by atoms with Crippen LogP contribution in [0, 0.1) is 0 Å². The highest BCUT2D eigenvalue weighted by molar-refractivity contribution is 6.06. The molecule has 1 aliphatic rings. The van der Waals surface area contributed by atoms with E-state index in [0.717, 1.165) is 12.2 Å². The van der Waals surface area contributed by atoms with Crippen LogP contribution in [0.15, 0.2) is 30.4 Å². The first kappa shape index (κ1) is 13.8. The number of carbonyl (C=O) groups excluding carboxylic acids is 2. The van der Waals surface area contributed by atoms with E-state index in [-0.39, 0.29) is 5.78 Å². The monoisotopic (exact) mass is 275 g/mol. The first-order chi connectivity index (χ1) is 9.49. The smallest absolute Gasteiger partial charge is 0.328 e. The SMILES string of the molecule is CC(=O)c1ccc2c(c1)N(C(=O)/C=C/C(=O)O)CCO2. The van der Waals surface area contributed by atoms with Gasteiger partial charge in [-0.1, -0.05) is 0 Å². The molecule has 104 valence electrons. The van der Waals surface area contributed by atoms with Gasteiger partial charge in [0.2, 0.25) is 0 Å². The Morgan fingerprint density at radius 3 is 2.70 bits per heavy atom. The van der Waals surface area contributed by atoms with E-state index in [1.807, 2.05) is 0 Å². The number of hydrogen-bond donors (Lipinski definition) is 1. The van der Waals surface area contributed by atoms with Gasteiger partial charge in [-0.3, -0.25) is 9.59 Å². The molecule has 2 rings (SSSR count). The van der Waals surface area contributed by atoms with Crippen molar-refractivity contribution in [1.29, 1.82) is 0 Å². The van der Waals surface area contributed by atoms with Gasteiger partial charge in [-0.05, 0) is 25.1 Å². The van der Waals surface area contributed by atoms with Gasteiger partial charge in [-0.25, -0.2) is 4.79 Å². The topological polar surface area (TPSA) is 83.9 Å². The van der Waals surface area contributed by atoms with E-state index in [2.05, 4.69) is 0 Å². The fraction of sp³-hybridized carbons (Fsp3) is 0.214. The summed E-state index contributed by atoms with van der Waals surface area (Å²) in [6.07, 6.45) is 1.77. The Kier molecular flexibility index (Phi) is 3.84. The van der Waals surface area contributed by atoms with Crippen LogP contribution in [0.3, 0.4) is 0 Å². The average molecular weight is 275 g/mol. The number of nitrogens with zero attached hydrogens (tertiary/aromatic N) is 1. The van der Waals surface area contributed by atoms with E-state index in [1.165, 1.54) is 11.8 Å². The molecule has 6 nitrogen and oxygen atoms in total. The summed E-state index contributed by atoms with van der Waals surface area (Å²) in [7, 11) is 0. The largest absolute Gasteiger partial charge is 0.490 e. The molecule has 0 saturated heterocycles. The molecule has 1 amide bonds. The van der Waals surface area contributed by atoms with E-state index >= 15 is 0 Å². The molecule has 0 saturated carbocycles. The summed E-state index contributed by atoms with van der Waals surface area (Å²) in [5.74, 6) is -1.27. The number of hydrogen-bond acceptors (Lipinski definition) is 4. The van der Waals surface area contributed by atoms with Crippen LogP contribution < -0.4 is 9.64 Å². The Morgan fingerprint density at radius 2 is 2.05 bits per heavy atom. The molecule has 1 aromatic rings. The van der Waals surface area contributed by atoms with Gasteiger partial charge in [0.15, 0.2) is 5.78 Å². The lowest BCUT2D eigenvalue weighted by molar-refractivity contribution is -0.131. The summed E-state index contributed by atoms with van der Waals surface area (Å²) in [4.78, 5) is 35.2. The van der Waals surface area contributed by atoms with Crippen molar-refractivity contribution in [2.75, 3.05) is 18.1 Å². The molecular formula is C14H13NO5. The number of amides is 1. The summed E-state index contributed by atoms with van der Waals surface area (Å²) < 4.78 is 5.42. The van der Waals surface area contributed by atoms with Crippen LogP contribution in [-0.4, -0.2) is 35.9 Å². The number of carboxylic acid groups (broad SMARTS) is 1. The molecule has 0 radical (unpaired) electrons. The van der Waals surface area contributed by atoms with Crippen molar-refractivity contribution in [3.8, 4) is 5.75 Å². The number of benzene rings is 1. The van der Waals surface area contributed by atoms with Crippen LogP contribution in [0.2, 0.25) is 0 Å². The second-order valence-corrected chi connectivity index (χ2v) is 4.25. The van der Waals surface area contributed by atoms with Gasteiger partial charge in [0, 0.05) is 17.7 Å². The predicted octanol–water partition coefficient (Wildman–Crippen LogP) is 1.26. The summed E-state index contributed by atoms with van der Waals surface area (Å²) in [5, 5.41) is 8.55. The van der Waals surface area contributed by atoms with Crippen LogP contribution in [0.5, 0.6) is 5.75 Å². The Balaban J connectivity index is 2.35. The first-order valence-corrected chi connectivity index (χ1v) is 5.99. The van der Waals surface area contributed by atoms with Crippen molar-refractivity contribution in [3.63, 3.8) is 0 Å². The first-order valence-electron chi connectivity index (χ1n) is 5.99. The zero-order valence-electron chi connectivity index (χ0n) is 10.8. The number of carboxylic acids is 1. The van der Waals surface area contributed by atoms with Crippen LogP contribution in [0.25, 0.3) is 0 Å². The number of carbonyl (C=O) groups is 3. The lowest BCUT2D eigenvalue weighted by atomic mass is 10.1. The average Bonchev–Trinajstić information content (AvgIpc) is 2.43. The number of aliphatic carboxylic acids is 1.